The summed E-state index contributed by atoms with van der Waals surface area (Å²) in [6.45, 7) is -0.167. The topological polar surface area (TPSA) is 80.2 Å². The predicted octanol–water partition coefficient (Wildman–Crippen LogP) is 3.28. The standard InChI is InChI=1S/C16H15BrN2O4/c1-22-14-5-3-13(4-6-14)19-16(20)10-23-15-7-2-12(17)8-11(15)9-18-21/h2-9,21H,10H2,1H3,(H,19,20)/b18-9+. The molecule has 23 heavy (non-hydrogen) atoms. The average Bonchev–Trinajstić information content (AvgIpc) is 2.55. The van der Waals surface area contributed by atoms with E-state index in [9.17, 15) is 4.79 Å². The first-order valence-corrected chi connectivity index (χ1v) is 7.45. The Hall–Kier alpha value is -2.54. The summed E-state index contributed by atoms with van der Waals surface area (Å²) in [4.78, 5) is 11.9. The third-order valence-electron chi connectivity index (χ3n) is 2.90. The van der Waals surface area contributed by atoms with Gasteiger partial charge < -0.3 is 20.0 Å². The van der Waals surface area contributed by atoms with Crippen LogP contribution in [0.2, 0.25) is 0 Å². The summed E-state index contributed by atoms with van der Waals surface area (Å²) in [6, 6.07) is 12.1. The molecule has 6 nitrogen and oxygen atoms in total. The van der Waals surface area contributed by atoms with Crippen LogP contribution in [0.5, 0.6) is 11.5 Å². The van der Waals surface area contributed by atoms with Crippen LogP contribution in [0.15, 0.2) is 52.1 Å². The number of ether oxygens (including phenoxy) is 2. The van der Waals surface area contributed by atoms with Crippen molar-refractivity contribution in [3.05, 3.63) is 52.5 Å². The van der Waals surface area contributed by atoms with Gasteiger partial charge in [0, 0.05) is 15.7 Å². The Kier molecular flexibility index (Phi) is 5.99. The normalized spacial score (nSPS) is 10.5. The van der Waals surface area contributed by atoms with Crippen molar-refractivity contribution in [1.82, 2.24) is 0 Å². The van der Waals surface area contributed by atoms with Gasteiger partial charge in [-0.2, -0.15) is 0 Å². The third-order valence-corrected chi connectivity index (χ3v) is 3.39. The van der Waals surface area contributed by atoms with Crippen LogP contribution in [0.3, 0.4) is 0 Å². The minimum atomic E-state index is -0.301. The average molecular weight is 379 g/mol. The molecule has 0 aliphatic heterocycles. The Bertz CT molecular complexity index is 702. The van der Waals surface area contributed by atoms with Crippen molar-refractivity contribution >= 4 is 33.7 Å². The highest BCUT2D eigenvalue weighted by Crippen LogP contribution is 2.22. The molecule has 2 aromatic carbocycles. The van der Waals surface area contributed by atoms with E-state index in [1.165, 1.54) is 6.21 Å². The van der Waals surface area contributed by atoms with Gasteiger partial charge in [0.25, 0.3) is 5.91 Å². The molecule has 7 heteroatoms. The molecule has 2 rings (SSSR count). The number of oxime groups is 1. The molecule has 0 aromatic heterocycles. The van der Waals surface area contributed by atoms with Crippen LogP contribution < -0.4 is 14.8 Å². The number of rotatable bonds is 6. The number of hydrogen-bond acceptors (Lipinski definition) is 5. The van der Waals surface area contributed by atoms with E-state index >= 15 is 0 Å². The number of benzene rings is 2. The van der Waals surface area contributed by atoms with Crippen LogP contribution in [0.4, 0.5) is 5.69 Å². The molecule has 0 bridgehead atoms. The number of carbonyl (C=O) groups is 1. The minimum Gasteiger partial charge on any atom is -0.497 e. The Morgan fingerprint density at radius 1 is 1.30 bits per heavy atom. The second-order valence-corrected chi connectivity index (χ2v) is 5.41. The summed E-state index contributed by atoms with van der Waals surface area (Å²) in [7, 11) is 1.58. The fourth-order valence-electron chi connectivity index (χ4n) is 1.83. The quantitative estimate of drug-likeness (QED) is 0.459. The van der Waals surface area contributed by atoms with Crippen LogP contribution in [0, 0.1) is 0 Å². The van der Waals surface area contributed by atoms with Crippen LogP contribution in [0.25, 0.3) is 0 Å². The summed E-state index contributed by atoms with van der Waals surface area (Å²) in [5, 5.41) is 14.4. The van der Waals surface area contributed by atoms with E-state index in [-0.39, 0.29) is 12.5 Å². The van der Waals surface area contributed by atoms with E-state index in [0.717, 1.165) is 4.47 Å². The van der Waals surface area contributed by atoms with Gasteiger partial charge in [0.1, 0.15) is 11.5 Å². The van der Waals surface area contributed by atoms with E-state index in [4.69, 9.17) is 14.7 Å². The third kappa shape index (κ3) is 5.00. The largest absolute Gasteiger partial charge is 0.497 e. The monoisotopic (exact) mass is 378 g/mol. The zero-order valence-electron chi connectivity index (χ0n) is 12.3. The molecule has 0 fully saturated rings. The van der Waals surface area contributed by atoms with Gasteiger partial charge in [-0.3, -0.25) is 4.79 Å². The molecule has 0 heterocycles. The van der Waals surface area contributed by atoms with Gasteiger partial charge in [-0.05, 0) is 42.5 Å². The summed E-state index contributed by atoms with van der Waals surface area (Å²) in [5.41, 5.74) is 1.20. The Morgan fingerprint density at radius 2 is 2.04 bits per heavy atom. The molecule has 0 aliphatic carbocycles. The number of carbonyl (C=O) groups excluding carboxylic acids is 1. The lowest BCUT2D eigenvalue weighted by atomic mass is 10.2. The molecule has 1 amide bonds. The summed E-state index contributed by atoms with van der Waals surface area (Å²) in [6.07, 6.45) is 1.24. The lowest BCUT2D eigenvalue weighted by Gasteiger charge is -2.10. The number of hydrogen-bond donors (Lipinski definition) is 2. The van der Waals surface area contributed by atoms with Crippen LogP contribution in [-0.4, -0.2) is 31.0 Å². The van der Waals surface area contributed by atoms with Crippen molar-refractivity contribution in [3.63, 3.8) is 0 Å². The molecule has 0 spiro atoms. The predicted molar refractivity (Wildman–Crippen MR) is 90.6 cm³/mol. The number of halogens is 1. The zero-order chi connectivity index (χ0) is 16.7. The second kappa shape index (κ2) is 8.19. The van der Waals surface area contributed by atoms with Gasteiger partial charge in [0.05, 0.1) is 13.3 Å². The van der Waals surface area contributed by atoms with Gasteiger partial charge in [0.15, 0.2) is 6.61 Å². The molecule has 120 valence electrons. The fraction of sp³-hybridized carbons (Fsp3) is 0.125. The number of methoxy groups -OCH3 is 1. The van der Waals surface area contributed by atoms with Gasteiger partial charge in [-0.1, -0.05) is 21.1 Å². The number of nitrogens with zero attached hydrogens (tertiary/aromatic N) is 1. The first-order chi connectivity index (χ1) is 11.1. The van der Waals surface area contributed by atoms with Crippen LogP contribution in [0.1, 0.15) is 5.56 Å². The molecule has 0 atom stereocenters. The molecule has 0 saturated heterocycles. The first-order valence-electron chi connectivity index (χ1n) is 6.66. The van der Waals surface area contributed by atoms with Crippen molar-refractivity contribution < 1.29 is 19.5 Å². The van der Waals surface area contributed by atoms with E-state index in [2.05, 4.69) is 26.4 Å². The smallest absolute Gasteiger partial charge is 0.262 e. The summed E-state index contributed by atoms with van der Waals surface area (Å²) < 4.78 is 11.3. The molecule has 0 saturated carbocycles. The highest BCUT2D eigenvalue weighted by Gasteiger charge is 2.07. The van der Waals surface area contributed by atoms with Gasteiger partial charge in [-0.25, -0.2) is 0 Å². The Balaban J connectivity index is 1.96. The lowest BCUT2D eigenvalue weighted by Crippen LogP contribution is -2.20. The molecule has 2 aromatic rings. The van der Waals surface area contributed by atoms with Gasteiger partial charge in [-0.15, -0.1) is 0 Å². The van der Waals surface area contributed by atoms with E-state index in [1.54, 1.807) is 49.6 Å². The Morgan fingerprint density at radius 3 is 2.70 bits per heavy atom. The number of anilines is 1. The number of amides is 1. The zero-order valence-corrected chi connectivity index (χ0v) is 13.9. The number of nitrogens with one attached hydrogen (secondary N) is 1. The van der Waals surface area contributed by atoms with Crippen LogP contribution >= 0.6 is 15.9 Å². The van der Waals surface area contributed by atoms with Gasteiger partial charge in [0.2, 0.25) is 0 Å². The fourth-order valence-corrected chi connectivity index (χ4v) is 2.21. The van der Waals surface area contributed by atoms with Crippen molar-refractivity contribution in [3.8, 4) is 11.5 Å². The maximum Gasteiger partial charge on any atom is 0.262 e. The molecular weight excluding hydrogens is 364 g/mol. The second-order valence-electron chi connectivity index (χ2n) is 4.49. The lowest BCUT2D eigenvalue weighted by molar-refractivity contribution is -0.118. The Labute approximate surface area is 141 Å². The van der Waals surface area contributed by atoms with Crippen molar-refractivity contribution in [1.29, 1.82) is 0 Å². The minimum absolute atomic E-state index is 0.167. The molecule has 0 radical (unpaired) electrons. The van der Waals surface area contributed by atoms with E-state index in [1.807, 2.05) is 0 Å². The molecule has 0 unspecified atom stereocenters. The van der Waals surface area contributed by atoms with Crippen LogP contribution in [-0.2, 0) is 4.79 Å². The van der Waals surface area contributed by atoms with Crippen molar-refractivity contribution in [2.45, 2.75) is 0 Å². The maximum absolute atomic E-state index is 11.9. The maximum atomic E-state index is 11.9. The SMILES string of the molecule is COc1ccc(NC(=O)COc2ccc(Br)cc2/C=N/O)cc1. The van der Waals surface area contributed by atoms with E-state index < -0.39 is 0 Å². The first kappa shape index (κ1) is 16.8. The highest BCUT2D eigenvalue weighted by molar-refractivity contribution is 9.10. The molecule has 2 N–H and O–H groups in total. The van der Waals surface area contributed by atoms with E-state index in [0.29, 0.717) is 22.7 Å². The molecular formula is C16H15BrN2O4. The van der Waals surface area contributed by atoms with Gasteiger partial charge >= 0.3 is 0 Å². The molecule has 0 aliphatic rings. The van der Waals surface area contributed by atoms with Crippen molar-refractivity contribution in [2.24, 2.45) is 5.16 Å². The van der Waals surface area contributed by atoms with Crippen molar-refractivity contribution in [2.75, 3.05) is 19.0 Å². The summed E-state index contributed by atoms with van der Waals surface area (Å²) >= 11 is 3.31. The highest BCUT2D eigenvalue weighted by atomic mass is 79.9. The summed E-state index contributed by atoms with van der Waals surface area (Å²) in [5.74, 6) is 0.850.